The maximum absolute atomic E-state index is 11.7. The van der Waals surface area contributed by atoms with E-state index < -0.39 is 0 Å². The number of piperidine rings is 1. The maximum atomic E-state index is 11.7. The summed E-state index contributed by atoms with van der Waals surface area (Å²) in [6.45, 7) is 16.9. The van der Waals surface area contributed by atoms with Crippen molar-refractivity contribution in [2.45, 2.75) is 59.6 Å². The third kappa shape index (κ3) is 10.0. The molecule has 1 aromatic rings. The lowest BCUT2D eigenvalue weighted by atomic mass is 9.99. The Morgan fingerprint density at radius 3 is 2.50 bits per heavy atom. The molecule has 1 aliphatic heterocycles. The first-order valence-corrected chi connectivity index (χ1v) is 10.6. The highest BCUT2D eigenvalue weighted by atomic mass is 32.2. The number of halogens is 1. The zero-order chi connectivity index (χ0) is 21.0. The first kappa shape index (κ1) is 24.4. The molecule has 0 unspecified atom stereocenters. The van der Waals surface area contributed by atoms with Crippen LogP contribution >= 0.6 is 11.8 Å². The molecule has 0 saturated carbocycles. The average molecular weight is 408 g/mol. The van der Waals surface area contributed by atoms with Crippen LogP contribution in [0.1, 0.15) is 53.2 Å². The normalized spacial score (nSPS) is 16.6. The van der Waals surface area contributed by atoms with Crippen LogP contribution in [-0.2, 0) is 6.54 Å². The number of nitrogens with zero attached hydrogens (tertiary/aromatic N) is 3. The minimum Gasteiger partial charge on any atom is -0.471 e. The Morgan fingerprint density at radius 2 is 1.96 bits per heavy atom. The Hall–Kier alpha value is -1.66. The number of aromatic nitrogens is 2. The molecular formula is C22H34FN3OS. The summed E-state index contributed by atoms with van der Waals surface area (Å²) in [5, 5.41) is 1.59. The van der Waals surface area contributed by atoms with Crippen molar-refractivity contribution in [2.24, 2.45) is 5.92 Å². The molecule has 1 aromatic heterocycles. The van der Waals surface area contributed by atoms with Crippen LogP contribution in [0.3, 0.4) is 0 Å². The summed E-state index contributed by atoms with van der Waals surface area (Å²) in [7, 11) is 0. The van der Waals surface area contributed by atoms with Crippen LogP contribution in [-0.4, -0.2) is 33.6 Å². The van der Waals surface area contributed by atoms with Crippen molar-refractivity contribution >= 4 is 11.8 Å². The number of likely N-dealkylation sites (tertiary alicyclic amines) is 1. The predicted octanol–water partition coefficient (Wildman–Crippen LogP) is 6.14. The summed E-state index contributed by atoms with van der Waals surface area (Å²) < 4.78 is 17.6. The molecule has 0 bridgehead atoms. The Balaban J connectivity index is 0.000000370. The van der Waals surface area contributed by atoms with Crippen molar-refractivity contribution in [2.75, 3.05) is 13.1 Å². The van der Waals surface area contributed by atoms with Gasteiger partial charge >= 0.3 is 0 Å². The smallest absolute Gasteiger partial charge is 0.237 e. The summed E-state index contributed by atoms with van der Waals surface area (Å²) in [6, 6.07) is 0. The summed E-state index contributed by atoms with van der Waals surface area (Å²) >= 11 is 1.26. The van der Waals surface area contributed by atoms with Crippen LogP contribution < -0.4 is 4.74 Å². The van der Waals surface area contributed by atoms with Gasteiger partial charge < -0.3 is 4.74 Å². The largest absolute Gasteiger partial charge is 0.471 e. The van der Waals surface area contributed by atoms with Crippen LogP contribution in [0.15, 0.2) is 47.8 Å². The summed E-state index contributed by atoms with van der Waals surface area (Å²) in [6.07, 6.45) is 10.0. The monoisotopic (exact) mass is 407 g/mol. The highest BCUT2D eigenvalue weighted by Crippen LogP contribution is 2.22. The van der Waals surface area contributed by atoms with Crippen LogP contribution in [0.5, 0.6) is 5.88 Å². The van der Waals surface area contributed by atoms with E-state index in [4.69, 9.17) is 4.74 Å². The van der Waals surface area contributed by atoms with E-state index in [0.717, 1.165) is 31.2 Å². The Morgan fingerprint density at radius 1 is 1.32 bits per heavy atom. The molecule has 6 heteroatoms. The molecule has 1 aliphatic rings. The number of hydrogen-bond donors (Lipinski definition) is 0. The highest BCUT2D eigenvalue weighted by molar-refractivity contribution is 8.06. The van der Waals surface area contributed by atoms with E-state index >= 15 is 0 Å². The minimum absolute atomic E-state index is 0.235. The van der Waals surface area contributed by atoms with Crippen molar-refractivity contribution in [3.8, 4) is 5.88 Å². The van der Waals surface area contributed by atoms with Gasteiger partial charge in [-0.1, -0.05) is 37.4 Å². The molecule has 0 amide bonds. The van der Waals surface area contributed by atoms with Gasteiger partial charge in [0.25, 0.3) is 0 Å². The van der Waals surface area contributed by atoms with Crippen LogP contribution in [0.4, 0.5) is 4.39 Å². The van der Waals surface area contributed by atoms with Gasteiger partial charge in [0.2, 0.25) is 5.88 Å². The molecule has 1 saturated heterocycles. The van der Waals surface area contributed by atoms with Crippen molar-refractivity contribution in [3.05, 3.63) is 53.5 Å². The molecule has 4 nitrogen and oxygen atoms in total. The van der Waals surface area contributed by atoms with Gasteiger partial charge in [0.05, 0.1) is 0 Å². The van der Waals surface area contributed by atoms with Gasteiger partial charge in [0, 0.05) is 23.8 Å². The second kappa shape index (κ2) is 12.7. The van der Waals surface area contributed by atoms with Gasteiger partial charge in [-0.25, -0.2) is 9.37 Å². The van der Waals surface area contributed by atoms with Crippen LogP contribution in [0.25, 0.3) is 0 Å². The van der Waals surface area contributed by atoms with Gasteiger partial charge in [-0.05, 0) is 65.0 Å². The van der Waals surface area contributed by atoms with E-state index in [1.807, 2.05) is 27.7 Å². The Labute approximate surface area is 174 Å². The number of rotatable bonds is 6. The van der Waals surface area contributed by atoms with Crippen molar-refractivity contribution in [1.82, 2.24) is 14.9 Å². The molecule has 0 spiro atoms. The lowest BCUT2D eigenvalue weighted by Gasteiger charge is -2.30. The first-order chi connectivity index (χ1) is 13.3. The molecule has 1 fully saturated rings. The fourth-order valence-corrected chi connectivity index (χ4v) is 3.09. The van der Waals surface area contributed by atoms with Crippen LogP contribution in [0, 0.1) is 5.92 Å². The molecular weight excluding hydrogens is 373 g/mol. The molecule has 0 radical (unpaired) electrons. The first-order valence-electron chi connectivity index (χ1n) is 9.71. The van der Waals surface area contributed by atoms with Crippen molar-refractivity contribution in [1.29, 1.82) is 0 Å². The lowest BCUT2D eigenvalue weighted by Crippen LogP contribution is -2.33. The second-order valence-electron chi connectivity index (χ2n) is 7.78. The Bertz CT molecular complexity index is 647. The van der Waals surface area contributed by atoms with E-state index in [-0.39, 0.29) is 5.60 Å². The number of thioether (sulfide) groups is 1. The van der Waals surface area contributed by atoms with E-state index in [2.05, 4.69) is 28.4 Å². The molecule has 0 atom stereocenters. The lowest BCUT2D eigenvalue weighted by molar-refractivity contribution is 0.116. The van der Waals surface area contributed by atoms with E-state index in [1.165, 1.54) is 24.6 Å². The molecule has 28 heavy (non-hydrogen) atoms. The van der Waals surface area contributed by atoms with Gasteiger partial charge in [-0.3, -0.25) is 9.88 Å². The second-order valence-corrected chi connectivity index (χ2v) is 8.82. The van der Waals surface area contributed by atoms with Gasteiger partial charge in [-0.15, -0.1) is 0 Å². The van der Waals surface area contributed by atoms with Gasteiger partial charge in [0.1, 0.15) is 17.6 Å². The average Bonchev–Trinajstić information content (AvgIpc) is 2.64. The fraction of sp³-hybridized carbons (Fsp3) is 0.545. The molecule has 0 N–H and O–H groups in total. The summed E-state index contributed by atoms with van der Waals surface area (Å²) in [4.78, 5) is 11.8. The van der Waals surface area contributed by atoms with Gasteiger partial charge in [0.15, 0.2) is 0 Å². The molecule has 156 valence electrons. The minimum atomic E-state index is -0.235. The molecule has 0 aliphatic carbocycles. The summed E-state index contributed by atoms with van der Waals surface area (Å²) in [5.74, 6) is 1.53. The topological polar surface area (TPSA) is 38.2 Å². The van der Waals surface area contributed by atoms with Crippen molar-refractivity contribution < 1.29 is 9.13 Å². The number of allylic oxidation sites excluding steroid dienone is 2. The predicted molar refractivity (Wildman–Crippen MR) is 118 cm³/mol. The zero-order valence-corrected chi connectivity index (χ0v) is 18.6. The summed E-state index contributed by atoms with van der Waals surface area (Å²) in [5.41, 5.74) is 0.716. The third-order valence-electron chi connectivity index (χ3n) is 4.05. The molecule has 0 aromatic carbocycles. The highest BCUT2D eigenvalue weighted by Gasteiger charge is 2.20. The maximum Gasteiger partial charge on any atom is 0.237 e. The van der Waals surface area contributed by atoms with Crippen LogP contribution in [0.2, 0.25) is 0 Å². The fourth-order valence-electron chi connectivity index (χ4n) is 2.63. The zero-order valence-electron chi connectivity index (χ0n) is 17.8. The van der Waals surface area contributed by atoms with Gasteiger partial charge in [-0.2, -0.15) is 0 Å². The molecule has 2 heterocycles. The third-order valence-corrected chi connectivity index (χ3v) is 4.71. The van der Waals surface area contributed by atoms with Crippen molar-refractivity contribution in [3.63, 3.8) is 0 Å². The SMILES string of the molecule is C=CSC(/C=C/C)=C/F.CC1CCN(Cc2nccnc2OC(C)(C)C)CC1. The van der Waals surface area contributed by atoms with E-state index in [0.29, 0.717) is 17.1 Å². The van der Waals surface area contributed by atoms with E-state index in [9.17, 15) is 4.39 Å². The standard InChI is InChI=1S/C15H25N3O.C7H9FS/c1-12-5-9-18(10-6-12)11-13-14(17-8-7-16-13)19-15(2,3)4;1-3-5-7(6-8)9-4-2/h7-8,12H,5-6,9-11H2,1-4H3;3-6H,2H2,1H3/b;5-3+,7-6+. The number of hydrogen-bond acceptors (Lipinski definition) is 5. The Kier molecular flexibility index (Phi) is 11.1. The quantitative estimate of drug-likeness (QED) is 0.530. The van der Waals surface area contributed by atoms with E-state index in [1.54, 1.807) is 30.0 Å². The molecule has 2 rings (SSSR count). The number of ether oxygens (including phenoxy) is 1.